The van der Waals surface area contributed by atoms with E-state index in [2.05, 4.69) is 10.5 Å². The van der Waals surface area contributed by atoms with Crippen LogP contribution in [0.25, 0.3) is 0 Å². The van der Waals surface area contributed by atoms with Crippen LogP contribution in [-0.2, 0) is 4.79 Å². The van der Waals surface area contributed by atoms with Gasteiger partial charge in [-0.25, -0.2) is 0 Å². The SMILES string of the molecule is COc1ccc(N/N=C(/Sc2ccc(Cl)cc2)C(C)=O)c(Oc2ccccc2)c1. The van der Waals surface area contributed by atoms with Crippen molar-refractivity contribution in [1.29, 1.82) is 0 Å². The van der Waals surface area contributed by atoms with Gasteiger partial charge >= 0.3 is 0 Å². The zero-order chi connectivity index (χ0) is 20.6. The van der Waals surface area contributed by atoms with Crippen LogP contribution in [0.1, 0.15) is 6.92 Å². The number of methoxy groups -OCH3 is 1. The maximum Gasteiger partial charge on any atom is 0.186 e. The molecule has 0 radical (unpaired) electrons. The van der Waals surface area contributed by atoms with Gasteiger partial charge in [0.1, 0.15) is 11.5 Å². The van der Waals surface area contributed by atoms with E-state index in [9.17, 15) is 4.79 Å². The first kappa shape index (κ1) is 20.8. The number of halogens is 1. The normalized spacial score (nSPS) is 11.1. The lowest BCUT2D eigenvalue weighted by Gasteiger charge is -2.13. The van der Waals surface area contributed by atoms with Gasteiger partial charge in [0, 0.05) is 22.9 Å². The van der Waals surface area contributed by atoms with Crippen molar-refractivity contribution in [2.45, 2.75) is 11.8 Å². The van der Waals surface area contributed by atoms with Crippen molar-refractivity contribution in [2.24, 2.45) is 5.10 Å². The lowest BCUT2D eigenvalue weighted by atomic mass is 10.2. The highest BCUT2D eigenvalue weighted by Gasteiger charge is 2.11. The van der Waals surface area contributed by atoms with E-state index in [-0.39, 0.29) is 5.78 Å². The number of nitrogens with zero attached hydrogens (tertiary/aromatic N) is 1. The zero-order valence-electron chi connectivity index (χ0n) is 15.9. The Labute approximate surface area is 178 Å². The highest BCUT2D eigenvalue weighted by atomic mass is 35.5. The summed E-state index contributed by atoms with van der Waals surface area (Å²) in [6, 6.07) is 21.9. The van der Waals surface area contributed by atoms with Gasteiger partial charge in [0.15, 0.2) is 16.6 Å². The molecule has 0 aliphatic heterocycles. The molecular weight excluding hydrogens is 408 g/mol. The molecule has 5 nitrogen and oxygen atoms in total. The first-order valence-electron chi connectivity index (χ1n) is 8.74. The number of hydrogen-bond donors (Lipinski definition) is 1. The first-order valence-corrected chi connectivity index (χ1v) is 9.93. The van der Waals surface area contributed by atoms with Crippen LogP contribution in [0.5, 0.6) is 17.2 Å². The molecule has 3 rings (SSSR count). The monoisotopic (exact) mass is 426 g/mol. The molecule has 0 saturated heterocycles. The second-order valence-electron chi connectivity index (χ2n) is 5.92. The van der Waals surface area contributed by atoms with E-state index in [0.29, 0.717) is 33.0 Å². The van der Waals surface area contributed by atoms with Gasteiger partial charge < -0.3 is 9.47 Å². The lowest BCUT2D eigenvalue weighted by Crippen LogP contribution is -2.08. The Morgan fingerprint density at radius 2 is 1.72 bits per heavy atom. The standard InChI is InChI=1S/C22H19ClN2O3S/c1-15(26)22(29-19-11-8-16(23)9-12-19)25-24-20-13-10-18(27-2)14-21(20)28-17-6-4-3-5-7-17/h3-14,24H,1-2H3/b25-22+. The van der Waals surface area contributed by atoms with Gasteiger partial charge in [0.25, 0.3) is 0 Å². The van der Waals surface area contributed by atoms with Gasteiger partial charge in [-0.15, -0.1) is 0 Å². The third-order valence-electron chi connectivity index (χ3n) is 3.77. The van der Waals surface area contributed by atoms with Crippen LogP contribution in [0.2, 0.25) is 5.02 Å². The molecule has 0 heterocycles. The van der Waals surface area contributed by atoms with Crippen LogP contribution in [0.3, 0.4) is 0 Å². The third kappa shape index (κ3) is 6.01. The van der Waals surface area contributed by atoms with E-state index in [1.165, 1.54) is 18.7 Å². The number of para-hydroxylation sites is 1. The van der Waals surface area contributed by atoms with Crippen molar-refractivity contribution < 1.29 is 14.3 Å². The first-order chi connectivity index (χ1) is 14.0. The largest absolute Gasteiger partial charge is 0.497 e. The smallest absolute Gasteiger partial charge is 0.186 e. The minimum Gasteiger partial charge on any atom is -0.497 e. The number of hydrazone groups is 1. The number of thioether (sulfide) groups is 1. The molecule has 0 spiro atoms. The van der Waals surface area contributed by atoms with Crippen molar-refractivity contribution in [2.75, 3.05) is 12.5 Å². The summed E-state index contributed by atoms with van der Waals surface area (Å²) in [5.74, 6) is 1.69. The molecule has 148 valence electrons. The van der Waals surface area contributed by atoms with Gasteiger partial charge in [-0.2, -0.15) is 5.10 Å². The van der Waals surface area contributed by atoms with Crippen LogP contribution in [0, 0.1) is 0 Å². The van der Waals surface area contributed by atoms with Crippen LogP contribution in [-0.4, -0.2) is 17.9 Å². The third-order valence-corrected chi connectivity index (χ3v) is 5.10. The number of hydrogen-bond acceptors (Lipinski definition) is 6. The number of carbonyl (C=O) groups excluding carboxylic acids is 1. The maximum atomic E-state index is 12.0. The molecule has 0 saturated carbocycles. The average molecular weight is 427 g/mol. The number of Topliss-reactive ketones (excluding diaryl/α,β-unsaturated/α-hetero) is 1. The fourth-order valence-corrected chi connectivity index (χ4v) is 3.18. The van der Waals surface area contributed by atoms with Gasteiger partial charge in [-0.3, -0.25) is 10.2 Å². The van der Waals surface area contributed by atoms with Gasteiger partial charge in [0.2, 0.25) is 0 Å². The molecule has 0 aliphatic carbocycles. The fraction of sp³-hybridized carbons (Fsp3) is 0.0909. The number of nitrogens with one attached hydrogen (secondary N) is 1. The molecule has 0 aromatic heterocycles. The van der Waals surface area contributed by atoms with Crippen molar-refractivity contribution in [3.8, 4) is 17.2 Å². The van der Waals surface area contributed by atoms with E-state index < -0.39 is 0 Å². The fourth-order valence-electron chi connectivity index (χ4n) is 2.32. The minimum absolute atomic E-state index is 0.156. The summed E-state index contributed by atoms with van der Waals surface area (Å²) in [5.41, 5.74) is 3.54. The lowest BCUT2D eigenvalue weighted by molar-refractivity contribution is -0.110. The zero-order valence-corrected chi connectivity index (χ0v) is 17.5. The molecule has 7 heteroatoms. The number of ketones is 1. The average Bonchev–Trinajstić information content (AvgIpc) is 2.73. The number of ether oxygens (including phenoxy) is 2. The Hall–Kier alpha value is -2.96. The summed E-state index contributed by atoms with van der Waals surface area (Å²) >= 11 is 7.17. The highest BCUT2D eigenvalue weighted by molar-refractivity contribution is 8.15. The van der Waals surface area contributed by atoms with Crippen molar-refractivity contribution in [1.82, 2.24) is 0 Å². The molecule has 1 N–H and O–H groups in total. The molecule has 0 bridgehead atoms. The van der Waals surface area contributed by atoms with E-state index in [1.54, 1.807) is 37.4 Å². The molecule has 0 atom stereocenters. The Morgan fingerprint density at radius 1 is 1.00 bits per heavy atom. The quantitative estimate of drug-likeness (QED) is 0.209. The second kappa shape index (κ2) is 10.0. The summed E-state index contributed by atoms with van der Waals surface area (Å²) in [6.07, 6.45) is 0. The number of benzene rings is 3. The summed E-state index contributed by atoms with van der Waals surface area (Å²) in [6.45, 7) is 1.47. The number of carbonyl (C=O) groups is 1. The van der Waals surface area contributed by atoms with Gasteiger partial charge in [-0.1, -0.05) is 41.6 Å². The van der Waals surface area contributed by atoms with Crippen LogP contribution in [0.15, 0.2) is 82.8 Å². The summed E-state index contributed by atoms with van der Waals surface area (Å²) < 4.78 is 11.2. The Kier molecular flexibility index (Phi) is 7.16. The Bertz CT molecular complexity index is 1010. The van der Waals surface area contributed by atoms with E-state index in [1.807, 2.05) is 42.5 Å². The molecule has 29 heavy (non-hydrogen) atoms. The number of rotatable bonds is 7. The molecule has 0 unspecified atom stereocenters. The van der Waals surface area contributed by atoms with Crippen LogP contribution in [0.4, 0.5) is 5.69 Å². The van der Waals surface area contributed by atoms with E-state index in [4.69, 9.17) is 21.1 Å². The summed E-state index contributed by atoms with van der Waals surface area (Å²) in [4.78, 5) is 12.9. The molecular formula is C22H19ClN2O3S. The molecule has 0 amide bonds. The van der Waals surface area contributed by atoms with Crippen LogP contribution >= 0.6 is 23.4 Å². The topological polar surface area (TPSA) is 59.9 Å². The van der Waals surface area contributed by atoms with Crippen molar-refractivity contribution >= 4 is 39.9 Å². The molecule has 0 aliphatic rings. The Balaban J connectivity index is 1.84. The van der Waals surface area contributed by atoms with Crippen molar-refractivity contribution in [3.05, 3.63) is 77.8 Å². The van der Waals surface area contributed by atoms with Crippen LogP contribution < -0.4 is 14.9 Å². The van der Waals surface area contributed by atoms with E-state index >= 15 is 0 Å². The Morgan fingerprint density at radius 3 is 2.38 bits per heavy atom. The number of anilines is 1. The van der Waals surface area contributed by atoms with Gasteiger partial charge in [0.05, 0.1) is 12.8 Å². The van der Waals surface area contributed by atoms with E-state index in [0.717, 1.165) is 4.90 Å². The summed E-state index contributed by atoms with van der Waals surface area (Å²) in [5, 5.41) is 5.24. The minimum atomic E-state index is -0.156. The molecule has 3 aromatic carbocycles. The maximum absolute atomic E-state index is 12.0. The summed E-state index contributed by atoms with van der Waals surface area (Å²) in [7, 11) is 1.59. The predicted molar refractivity (Wildman–Crippen MR) is 119 cm³/mol. The predicted octanol–water partition coefficient (Wildman–Crippen LogP) is 6.25. The van der Waals surface area contributed by atoms with Gasteiger partial charge in [-0.05, 0) is 48.5 Å². The van der Waals surface area contributed by atoms with Crippen molar-refractivity contribution in [3.63, 3.8) is 0 Å². The molecule has 0 fully saturated rings. The second-order valence-corrected chi connectivity index (χ2v) is 7.42. The molecule has 3 aromatic rings. The highest BCUT2D eigenvalue weighted by Crippen LogP contribution is 2.33.